The summed E-state index contributed by atoms with van der Waals surface area (Å²) in [5.41, 5.74) is -3.72. The Hall–Kier alpha value is -4.02. The average molecular weight is 354 g/mol. The largest absolute Gasteiger partial charge is 0.267 e. The third-order valence-corrected chi connectivity index (χ3v) is 3.86. The van der Waals surface area contributed by atoms with E-state index in [0.29, 0.717) is 0 Å². The molecule has 0 fully saturated rings. The molecule has 0 amide bonds. The molecule has 2 aliphatic rings. The van der Waals surface area contributed by atoms with Crippen LogP contribution >= 0.6 is 0 Å². The van der Waals surface area contributed by atoms with E-state index in [-0.39, 0.29) is 0 Å². The second-order valence-electron chi connectivity index (χ2n) is 5.12. The van der Waals surface area contributed by atoms with Gasteiger partial charge >= 0.3 is 0 Å². The Morgan fingerprint density at radius 1 is 0.615 bits per heavy atom. The van der Waals surface area contributed by atoms with Crippen LogP contribution in [-0.2, 0) is 0 Å². The molecular formula is C16H2F4N6. The van der Waals surface area contributed by atoms with Gasteiger partial charge in [-0.15, -0.1) is 0 Å². The van der Waals surface area contributed by atoms with Crippen molar-refractivity contribution < 1.29 is 17.6 Å². The highest BCUT2D eigenvalue weighted by Gasteiger charge is 2.41. The minimum absolute atomic E-state index is 0.861. The first-order chi connectivity index (χ1) is 12.4. The van der Waals surface area contributed by atoms with E-state index in [0.717, 1.165) is 0 Å². The molecule has 3 rings (SSSR count). The molecule has 0 bridgehead atoms. The lowest BCUT2D eigenvalue weighted by molar-refractivity contribution is 0.408. The van der Waals surface area contributed by atoms with Crippen LogP contribution in [0.1, 0.15) is 11.1 Å². The molecule has 2 unspecified atom stereocenters. The highest BCUT2D eigenvalue weighted by molar-refractivity contribution is 5.58. The molecule has 2 atom stereocenters. The minimum Gasteiger partial charge on any atom is -0.267 e. The van der Waals surface area contributed by atoms with Gasteiger partial charge < -0.3 is 0 Å². The molecule has 0 saturated heterocycles. The van der Waals surface area contributed by atoms with Gasteiger partial charge in [0, 0.05) is 0 Å². The first-order valence-corrected chi connectivity index (χ1v) is 6.77. The van der Waals surface area contributed by atoms with Gasteiger partial charge in [-0.2, -0.15) is 21.0 Å². The summed E-state index contributed by atoms with van der Waals surface area (Å²) in [5, 5.41) is 34.0. The number of halogens is 4. The van der Waals surface area contributed by atoms with E-state index < -0.39 is 68.4 Å². The summed E-state index contributed by atoms with van der Waals surface area (Å²) in [6, 6.07) is 1.62. The summed E-state index contributed by atoms with van der Waals surface area (Å²) in [6.45, 7) is 0. The maximum atomic E-state index is 14.5. The number of fused-ring (bicyclic) bond motifs is 2. The van der Waals surface area contributed by atoms with Crippen LogP contribution in [0.25, 0.3) is 0 Å². The fourth-order valence-electron chi connectivity index (χ4n) is 2.67. The Bertz CT molecular complexity index is 1130. The van der Waals surface area contributed by atoms with Crippen molar-refractivity contribution in [2.24, 2.45) is 9.98 Å². The Morgan fingerprint density at radius 2 is 0.962 bits per heavy atom. The van der Waals surface area contributed by atoms with Crippen LogP contribution in [0, 0.1) is 57.0 Å². The van der Waals surface area contributed by atoms with E-state index in [1.54, 1.807) is 0 Å². The lowest BCUT2D eigenvalue weighted by Crippen LogP contribution is -2.45. The van der Waals surface area contributed by atoms with Crippen molar-refractivity contribution in [2.45, 2.75) is 12.1 Å². The van der Waals surface area contributed by atoms with Gasteiger partial charge in [-0.1, -0.05) is 0 Å². The van der Waals surface area contributed by atoms with E-state index in [9.17, 15) is 17.6 Å². The predicted octanol–water partition coefficient (Wildman–Crippen LogP) is 1.21. The molecule has 10 heteroatoms. The van der Waals surface area contributed by atoms with Crippen molar-refractivity contribution in [1.82, 2.24) is 0 Å². The highest BCUT2D eigenvalue weighted by atomic mass is 19.1. The number of hydrogen-bond acceptors (Lipinski definition) is 6. The normalized spacial score (nSPS) is 20.5. The van der Waals surface area contributed by atoms with E-state index in [4.69, 9.17) is 21.0 Å². The second-order valence-corrected chi connectivity index (χ2v) is 5.12. The maximum absolute atomic E-state index is 14.5. The molecule has 0 aromatic heterocycles. The van der Waals surface area contributed by atoms with Gasteiger partial charge in [-0.25, -0.2) is 17.6 Å². The summed E-state index contributed by atoms with van der Waals surface area (Å²) < 4.78 is 57.8. The second kappa shape index (κ2) is 5.81. The molecule has 1 aliphatic heterocycles. The SMILES string of the molecule is N#CC1=C(F)C2N=c3c(F)c(C#N)c(C#N)c(F)c3=NC2C(F)=C1C#N. The van der Waals surface area contributed by atoms with E-state index in [1.807, 2.05) is 0 Å². The Balaban J connectivity index is 2.48. The summed E-state index contributed by atoms with van der Waals surface area (Å²) in [6.07, 6.45) is 0. The topological polar surface area (TPSA) is 120 Å². The fraction of sp³-hybridized carbons (Fsp3) is 0.125. The molecule has 0 radical (unpaired) electrons. The monoisotopic (exact) mass is 354 g/mol. The first kappa shape index (κ1) is 16.8. The molecule has 0 saturated carbocycles. The molecule has 1 aromatic carbocycles. The van der Waals surface area contributed by atoms with Crippen molar-refractivity contribution in [2.75, 3.05) is 0 Å². The Morgan fingerprint density at radius 3 is 1.23 bits per heavy atom. The van der Waals surface area contributed by atoms with Crippen molar-refractivity contribution in [3.63, 3.8) is 0 Å². The molecule has 0 spiro atoms. The number of hydrogen-bond donors (Lipinski definition) is 0. The highest BCUT2D eigenvalue weighted by Crippen LogP contribution is 2.35. The van der Waals surface area contributed by atoms with Gasteiger partial charge in [-0.3, -0.25) is 9.98 Å². The van der Waals surface area contributed by atoms with Gasteiger partial charge in [0.25, 0.3) is 0 Å². The average Bonchev–Trinajstić information content (AvgIpc) is 2.65. The summed E-state index contributed by atoms with van der Waals surface area (Å²) in [4.78, 5) is 7.15. The molecule has 0 N–H and O–H groups in total. The number of nitrogens with zero attached hydrogens (tertiary/aromatic N) is 6. The Kier molecular flexibility index (Phi) is 3.76. The number of nitriles is 4. The molecule has 26 heavy (non-hydrogen) atoms. The predicted molar refractivity (Wildman–Crippen MR) is 73.2 cm³/mol. The third kappa shape index (κ3) is 2.00. The van der Waals surface area contributed by atoms with Crippen LogP contribution in [0.4, 0.5) is 17.6 Å². The van der Waals surface area contributed by atoms with Crippen LogP contribution in [0.2, 0.25) is 0 Å². The molecule has 1 aliphatic carbocycles. The van der Waals surface area contributed by atoms with E-state index in [1.165, 1.54) is 24.3 Å². The van der Waals surface area contributed by atoms with Crippen LogP contribution in [0.5, 0.6) is 0 Å². The van der Waals surface area contributed by atoms with Gasteiger partial charge in [0.1, 0.15) is 81.0 Å². The van der Waals surface area contributed by atoms with Crippen molar-refractivity contribution in [3.8, 4) is 24.3 Å². The molecular weight excluding hydrogens is 352 g/mol. The summed E-state index contributed by atoms with van der Waals surface area (Å²) in [7, 11) is 0. The number of rotatable bonds is 0. The molecule has 1 heterocycles. The fourth-order valence-corrected chi connectivity index (χ4v) is 2.67. The van der Waals surface area contributed by atoms with Gasteiger partial charge in [-0.05, 0) is 0 Å². The number of allylic oxidation sites excluding steroid dienone is 2. The van der Waals surface area contributed by atoms with Gasteiger partial charge in [0.2, 0.25) is 0 Å². The van der Waals surface area contributed by atoms with Crippen LogP contribution in [0.3, 0.4) is 0 Å². The van der Waals surface area contributed by atoms with Crippen LogP contribution < -0.4 is 10.7 Å². The zero-order valence-corrected chi connectivity index (χ0v) is 12.3. The molecule has 124 valence electrons. The Labute approximate surface area is 142 Å². The van der Waals surface area contributed by atoms with E-state index in [2.05, 4.69) is 9.98 Å². The third-order valence-electron chi connectivity index (χ3n) is 3.86. The summed E-state index contributed by atoms with van der Waals surface area (Å²) in [5.74, 6) is -5.48. The standard InChI is InChI=1S/C16H2F4N6/c17-9-5(1-21)6(2-22)10(18)14-13(9)25-15-11(19)7(3-23)8(4-24)12(20)16(15)26-14/h13-14H. The molecule has 1 aromatic rings. The quantitative estimate of drug-likeness (QED) is 0.650. The maximum Gasteiger partial charge on any atom is 0.169 e. The van der Waals surface area contributed by atoms with E-state index >= 15 is 0 Å². The van der Waals surface area contributed by atoms with Crippen LogP contribution in [-0.4, -0.2) is 12.1 Å². The summed E-state index contributed by atoms with van der Waals surface area (Å²) >= 11 is 0. The lowest BCUT2D eigenvalue weighted by atomic mass is 9.89. The molecule has 6 nitrogen and oxygen atoms in total. The zero-order valence-electron chi connectivity index (χ0n) is 12.3. The van der Waals surface area contributed by atoms with Crippen LogP contribution in [0.15, 0.2) is 32.8 Å². The van der Waals surface area contributed by atoms with Crippen molar-refractivity contribution in [1.29, 1.82) is 21.0 Å². The van der Waals surface area contributed by atoms with Gasteiger partial charge in [0.15, 0.2) is 11.6 Å². The van der Waals surface area contributed by atoms with Crippen molar-refractivity contribution >= 4 is 0 Å². The first-order valence-electron chi connectivity index (χ1n) is 6.77. The van der Waals surface area contributed by atoms with Gasteiger partial charge in [0.05, 0.1) is 0 Å². The number of benzene rings is 1. The smallest absolute Gasteiger partial charge is 0.169 e. The zero-order chi connectivity index (χ0) is 19.2. The lowest BCUT2D eigenvalue weighted by Gasteiger charge is -2.26. The minimum atomic E-state index is -1.83. The van der Waals surface area contributed by atoms with Crippen molar-refractivity contribution in [3.05, 3.63) is 56.3 Å².